The van der Waals surface area contributed by atoms with Gasteiger partial charge >= 0.3 is 18.0 Å². The van der Waals surface area contributed by atoms with Gasteiger partial charge in [-0.05, 0) is 48.9 Å². The number of rotatable bonds is 7. The quantitative estimate of drug-likeness (QED) is 0.287. The number of nitrogens with zero attached hydrogens (tertiary/aromatic N) is 3. The number of carbonyl (C=O) groups is 2. The normalized spacial score (nSPS) is 12.0. The molecule has 0 aliphatic heterocycles. The number of amides is 2. The number of anilines is 2. The molecule has 0 aromatic heterocycles. The first kappa shape index (κ1) is 30.1. The molecule has 0 unspecified atom stereocenters. The van der Waals surface area contributed by atoms with E-state index in [0.29, 0.717) is 17.7 Å². The van der Waals surface area contributed by atoms with Gasteiger partial charge in [0.1, 0.15) is 0 Å². The van der Waals surface area contributed by atoms with E-state index in [2.05, 4.69) is 0 Å². The molecule has 210 valence electrons. The predicted molar refractivity (Wildman–Crippen MR) is 134 cm³/mol. The van der Waals surface area contributed by atoms with E-state index in [0.717, 1.165) is 17.9 Å². The van der Waals surface area contributed by atoms with Crippen LogP contribution < -0.4 is 9.80 Å². The number of hydrogen-bond donors (Lipinski definition) is 0. The molecule has 0 N–H and O–H groups in total. The molecule has 0 saturated heterocycles. The van der Waals surface area contributed by atoms with Crippen molar-refractivity contribution >= 4 is 23.2 Å². The second kappa shape index (κ2) is 11.4. The van der Waals surface area contributed by atoms with Crippen LogP contribution in [-0.4, -0.2) is 37.8 Å². The van der Waals surface area contributed by atoms with Crippen LogP contribution >= 0.6 is 0 Å². The molecule has 0 saturated carbocycles. The summed E-state index contributed by atoms with van der Waals surface area (Å²) in [4.78, 5) is 28.7. The SMILES string of the molecule is Cc1cc(C(F)(C(F)(F)F)C(F)(F)F)ccc1N(C)C(=O)c1cccc(N(CCC#N)C(=O)c2ccccc2)c1. The lowest BCUT2D eigenvalue weighted by Crippen LogP contribution is -2.50. The van der Waals surface area contributed by atoms with Crippen molar-refractivity contribution in [3.63, 3.8) is 0 Å². The maximum absolute atomic E-state index is 14.5. The molecule has 3 aromatic carbocycles. The zero-order chi connectivity index (χ0) is 29.9. The van der Waals surface area contributed by atoms with Gasteiger partial charge in [0.15, 0.2) is 0 Å². The molecule has 3 rings (SSSR count). The van der Waals surface area contributed by atoms with Crippen molar-refractivity contribution in [2.75, 3.05) is 23.4 Å². The average molecular weight is 565 g/mol. The highest BCUT2D eigenvalue weighted by molar-refractivity contribution is 6.09. The van der Waals surface area contributed by atoms with Crippen LogP contribution in [-0.2, 0) is 5.67 Å². The fraction of sp³-hybridized carbons (Fsp3) is 0.250. The number of aryl methyl sites for hydroxylation is 1. The lowest BCUT2D eigenvalue weighted by Gasteiger charge is -2.31. The van der Waals surface area contributed by atoms with Crippen LogP contribution in [0.15, 0.2) is 72.8 Å². The number of carbonyl (C=O) groups excluding carboxylic acids is 2. The Labute approximate surface area is 225 Å². The first-order valence-electron chi connectivity index (χ1n) is 11.7. The second-order valence-electron chi connectivity index (χ2n) is 8.80. The van der Waals surface area contributed by atoms with E-state index in [1.54, 1.807) is 36.4 Å². The van der Waals surface area contributed by atoms with Crippen LogP contribution in [0.1, 0.15) is 38.3 Å². The second-order valence-corrected chi connectivity index (χ2v) is 8.80. The first-order valence-corrected chi connectivity index (χ1v) is 11.7. The van der Waals surface area contributed by atoms with Crippen molar-refractivity contribution in [1.29, 1.82) is 5.26 Å². The van der Waals surface area contributed by atoms with Crippen molar-refractivity contribution in [1.82, 2.24) is 0 Å². The summed E-state index contributed by atoms with van der Waals surface area (Å²) in [6, 6.07) is 17.5. The first-order chi connectivity index (χ1) is 18.6. The Balaban J connectivity index is 1.96. The molecule has 0 bridgehead atoms. The van der Waals surface area contributed by atoms with E-state index < -0.39 is 35.4 Å². The van der Waals surface area contributed by atoms with Gasteiger partial charge in [0, 0.05) is 41.7 Å². The molecule has 12 heteroatoms. The minimum atomic E-state index is -6.27. The van der Waals surface area contributed by atoms with E-state index in [1.807, 2.05) is 6.07 Å². The number of halogens is 7. The zero-order valence-corrected chi connectivity index (χ0v) is 21.1. The molecule has 0 spiro atoms. The molecule has 0 heterocycles. The summed E-state index contributed by atoms with van der Waals surface area (Å²) in [5.74, 6) is -1.13. The summed E-state index contributed by atoms with van der Waals surface area (Å²) in [6.07, 6.45) is -12.5. The van der Waals surface area contributed by atoms with E-state index >= 15 is 0 Å². The highest BCUT2D eigenvalue weighted by Gasteiger charge is 2.73. The summed E-state index contributed by atoms with van der Waals surface area (Å²) >= 11 is 0. The zero-order valence-electron chi connectivity index (χ0n) is 21.1. The summed E-state index contributed by atoms with van der Waals surface area (Å²) in [7, 11) is 1.25. The third-order valence-corrected chi connectivity index (χ3v) is 6.16. The number of benzene rings is 3. The Bertz CT molecular complexity index is 1420. The Morgan fingerprint density at radius 1 is 0.800 bits per heavy atom. The van der Waals surface area contributed by atoms with E-state index in [9.17, 15) is 40.3 Å². The Hall–Kier alpha value is -4.40. The highest BCUT2D eigenvalue weighted by Crippen LogP contribution is 2.53. The Kier molecular flexibility index (Phi) is 8.57. The number of nitriles is 1. The van der Waals surface area contributed by atoms with Crippen LogP contribution in [0.2, 0.25) is 0 Å². The molecule has 5 nitrogen and oxygen atoms in total. The van der Waals surface area contributed by atoms with Crippen molar-refractivity contribution < 1.29 is 40.3 Å². The minimum absolute atomic E-state index is 0.00585. The number of alkyl halides is 7. The van der Waals surface area contributed by atoms with Crippen LogP contribution in [0.25, 0.3) is 0 Å². The Morgan fingerprint density at radius 2 is 1.40 bits per heavy atom. The third-order valence-electron chi connectivity index (χ3n) is 6.16. The summed E-state index contributed by atoms with van der Waals surface area (Å²) in [5, 5.41) is 9.04. The predicted octanol–water partition coefficient (Wildman–Crippen LogP) is 7.12. The number of hydrogen-bond acceptors (Lipinski definition) is 3. The molecule has 0 atom stereocenters. The van der Waals surface area contributed by atoms with Crippen LogP contribution in [0.5, 0.6) is 0 Å². The molecular formula is C28H22F7N3O2. The molecule has 3 aromatic rings. The van der Waals surface area contributed by atoms with Crippen LogP contribution in [0, 0.1) is 18.3 Å². The van der Waals surface area contributed by atoms with Gasteiger partial charge in [-0.1, -0.05) is 36.4 Å². The van der Waals surface area contributed by atoms with Gasteiger partial charge < -0.3 is 9.80 Å². The van der Waals surface area contributed by atoms with Crippen molar-refractivity contribution in [3.8, 4) is 6.07 Å². The lowest BCUT2D eigenvalue weighted by atomic mass is 9.92. The smallest absolute Gasteiger partial charge is 0.311 e. The fourth-order valence-corrected chi connectivity index (χ4v) is 4.09. The third kappa shape index (κ3) is 5.78. The molecule has 0 fully saturated rings. The van der Waals surface area contributed by atoms with Gasteiger partial charge in [-0.15, -0.1) is 0 Å². The van der Waals surface area contributed by atoms with Crippen LogP contribution in [0.3, 0.4) is 0 Å². The standard InChI is InChI=1S/C28H22F7N3O2/c1-18-16-21(26(29,27(30,31)32)28(33,34)35)12-13-23(18)37(2)24(39)20-10-6-11-22(17-20)38(15-7-14-36)25(40)19-8-4-3-5-9-19/h3-6,8-13,16-17H,7,15H2,1-2H3. The summed E-state index contributed by atoms with van der Waals surface area (Å²) in [5.41, 5.74) is -6.87. The summed E-state index contributed by atoms with van der Waals surface area (Å²) in [6.45, 7) is 1.16. The maximum atomic E-state index is 14.5. The van der Waals surface area contributed by atoms with Crippen molar-refractivity contribution in [2.45, 2.75) is 31.4 Å². The van der Waals surface area contributed by atoms with E-state index in [-0.39, 0.29) is 35.5 Å². The van der Waals surface area contributed by atoms with E-state index in [4.69, 9.17) is 5.26 Å². The maximum Gasteiger partial charge on any atom is 0.435 e. The van der Waals surface area contributed by atoms with Crippen LogP contribution in [0.4, 0.5) is 42.1 Å². The van der Waals surface area contributed by atoms with Crippen molar-refractivity contribution in [3.05, 3.63) is 95.1 Å². The topological polar surface area (TPSA) is 64.4 Å². The van der Waals surface area contributed by atoms with Gasteiger partial charge in [0.05, 0.1) is 12.5 Å². The Morgan fingerprint density at radius 3 is 1.95 bits per heavy atom. The molecule has 0 aliphatic rings. The lowest BCUT2D eigenvalue weighted by molar-refractivity contribution is -0.348. The summed E-state index contributed by atoms with van der Waals surface area (Å²) < 4.78 is 93.5. The average Bonchev–Trinajstić information content (AvgIpc) is 2.91. The fourth-order valence-electron chi connectivity index (χ4n) is 4.09. The van der Waals surface area contributed by atoms with Gasteiger partial charge in [-0.3, -0.25) is 9.59 Å². The van der Waals surface area contributed by atoms with Crippen molar-refractivity contribution in [2.24, 2.45) is 0 Å². The van der Waals surface area contributed by atoms with Gasteiger partial charge in [-0.25, -0.2) is 4.39 Å². The molecule has 40 heavy (non-hydrogen) atoms. The van der Waals surface area contributed by atoms with Gasteiger partial charge in [0.25, 0.3) is 11.8 Å². The molecule has 2 amide bonds. The minimum Gasteiger partial charge on any atom is -0.311 e. The van der Waals surface area contributed by atoms with Gasteiger partial charge in [0.2, 0.25) is 0 Å². The largest absolute Gasteiger partial charge is 0.435 e. The monoisotopic (exact) mass is 565 g/mol. The molecule has 0 radical (unpaired) electrons. The van der Waals surface area contributed by atoms with Gasteiger partial charge in [-0.2, -0.15) is 31.6 Å². The highest BCUT2D eigenvalue weighted by atomic mass is 19.4. The van der Waals surface area contributed by atoms with E-state index in [1.165, 1.54) is 30.1 Å². The molecule has 0 aliphatic carbocycles. The molecular weight excluding hydrogens is 543 g/mol.